The lowest BCUT2D eigenvalue weighted by Crippen LogP contribution is -2.17. The van der Waals surface area contributed by atoms with Gasteiger partial charge in [-0.15, -0.1) is 0 Å². The summed E-state index contributed by atoms with van der Waals surface area (Å²) >= 11 is 0. The molecule has 2 amide bonds. The molecule has 132 valence electrons. The van der Waals surface area contributed by atoms with Gasteiger partial charge in [-0.05, 0) is 42.8 Å². The minimum atomic E-state index is -4.75. The van der Waals surface area contributed by atoms with Crippen LogP contribution in [-0.4, -0.2) is 11.8 Å². The Hall–Kier alpha value is -2.90. The van der Waals surface area contributed by atoms with E-state index < -0.39 is 35.1 Å². The van der Waals surface area contributed by atoms with Crippen molar-refractivity contribution in [1.82, 2.24) is 0 Å². The highest BCUT2D eigenvalue weighted by Gasteiger charge is 2.34. The van der Waals surface area contributed by atoms with E-state index in [4.69, 9.17) is 0 Å². The summed E-state index contributed by atoms with van der Waals surface area (Å²) in [5.74, 6) is -2.04. The van der Waals surface area contributed by atoms with Crippen LogP contribution in [0.5, 0.6) is 0 Å². The van der Waals surface area contributed by atoms with Crippen molar-refractivity contribution in [2.75, 3.05) is 10.6 Å². The highest BCUT2D eigenvalue weighted by atomic mass is 19.4. The van der Waals surface area contributed by atoms with Crippen LogP contribution < -0.4 is 10.6 Å². The fourth-order valence-electron chi connectivity index (χ4n) is 2.10. The molecule has 0 aliphatic rings. The predicted octanol–water partition coefficient (Wildman–Crippen LogP) is 4.36. The molecule has 0 fully saturated rings. The normalized spacial score (nSPS) is 11.1. The van der Waals surface area contributed by atoms with Gasteiger partial charge in [0.2, 0.25) is 5.91 Å². The topological polar surface area (TPSA) is 58.2 Å². The third-order valence-corrected chi connectivity index (χ3v) is 3.33. The molecule has 2 aromatic carbocycles. The van der Waals surface area contributed by atoms with E-state index in [1.807, 2.05) is 0 Å². The second kappa shape index (κ2) is 6.92. The lowest BCUT2D eigenvalue weighted by molar-refractivity contribution is -0.137. The van der Waals surface area contributed by atoms with Crippen LogP contribution >= 0.6 is 0 Å². The van der Waals surface area contributed by atoms with Gasteiger partial charge in [-0.2, -0.15) is 13.2 Å². The molecular formula is C17H14F4N2O2. The molecule has 0 atom stereocenters. The van der Waals surface area contributed by atoms with Crippen LogP contribution in [0.15, 0.2) is 36.4 Å². The van der Waals surface area contributed by atoms with Crippen LogP contribution in [0.1, 0.15) is 28.4 Å². The van der Waals surface area contributed by atoms with Gasteiger partial charge < -0.3 is 10.6 Å². The number of rotatable bonds is 3. The van der Waals surface area contributed by atoms with Crippen molar-refractivity contribution in [2.24, 2.45) is 0 Å². The summed E-state index contributed by atoms with van der Waals surface area (Å²) in [7, 11) is 0. The fourth-order valence-corrected chi connectivity index (χ4v) is 2.10. The first-order valence-corrected chi connectivity index (χ1v) is 7.14. The molecule has 0 radical (unpaired) electrons. The van der Waals surface area contributed by atoms with Crippen LogP contribution in [0.25, 0.3) is 0 Å². The number of halogens is 4. The summed E-state index contributed by atoms with van der Waals surface area (Å²) in [4.78, 5) is 23.1. The summed E-state index contributed by atoms with van der Waals surface area (Å²) in [6.07, 6.45) is -4.75. The second-order valence-electron chi connectivity index (χ2n) is 5.36. The number of aryl methyl sites for hydroxylation is 1. The first kappa shape index (κ1) is 18.4. The van der Waals surface area contributed by atoms with Crippen LogP contribution in [0.4, 0.5) is 28.9 Å². The van der Waals surface area contributed by atoms with Crippen molar-refractivity contribution in [3.63, 3.8) is 0 Å². The van der Waals surface area contributed by atoms with Gasteiger partial charge in [0.1, 0.15) is 5.82 Å². The lowest BCUT2D eigenvalue weighted by Gasteiger charge is -2.15. The molecule has 4 nitrogen and oxygen atoms in total. The number of nitrogens with one attached hydrogen (secondary N) is 2. The minimum absolute atomic E-state index is 0.0563. The Bertz CT molecular complexity index is 832. The number of benzene rings is 2. The molecule has 0 saturated heterocycles. The molecule has 0 spiro atoms. The zero-order valence-corrected chi connectivity index (χ0v) is 13.3. The average Bonchev–Trinajstić information content (AvgIpc) is 2.49. The van der Waals surface area contributed by atoms with Gasteiger partial charge in [0.15, 0.2) is 0 Å². The minimum Gasteiger partial charge on any atom is -0.326 e. The Kier molecular flexibility index (Phi) is 5.10. The van der Waals surface area contributed by atoms with Crippen molar-refractivity contribution in [2.45, 2.75) is 20.0 Å². The number of carbonyl (C=O) groups is 2. The van der Waals surface area contributed by atoms with Gasteiger partial charge in [-0.3, -0.25) is 9.59 Å². The highest BCUT2D eigenvalue weighted by molar-refractivity contribution is 6.05. The standard InChI is InChI=1S/C17H14F4N2O2/c1-9-3-4-11(7-14(9)18)16(25)23-15-6-5-12(22-10(2)24)8-13(15)17(19,20)21/h3-8H,1-2H3,(H,22,24)(H,23,25). The SMILES string of the molecule is CC(=O)Nc1ccc(NC(=O)c2ccc(C)c(F)c2)c(C(F)(F)F)c1. The molecule has 0 unspecified atom stereocenters. The van der Waals surface area contributed by atoms with Crippen molar-refractivity contribution in [3.05, 3.63) is 58.9 Å². The Balaban J connectivity index is 2.35. The molecule has 8 heteroatoms. The van der Waals surface area contributed by atoms with Gasteiger partial charge >= 0.3 is 6.18 Å². The number of anilines is 2. The monoisotopic (exact) mass is 354 g/mol. The lowest BCUT2D eigenvalue weighted by atomic mass is 10.1. The maximum atomic E-state index is 13.5. The van der Waals surface area contributed by atoms with Crippen molar-refractivity contribution < 1.29 is 27.2 Å². The molecule has 2 N–H and O–H groups in total. The molecule has 0 aliphatic heterocycles. The third kappa shape index (κ3) is 4.56. The van der Waals surface area contributed by atoms with Gasteiger partial charge in [-0.25, -0.2) is 4.39 Å². The molecular weight excluding hydrogens is 340 g/mol. The highest BCUT2D eigenvalue weighted by Crippen LogP contribution is 2.36. The molecule has 0 bridgehead atoms. The zero-order valence-electron chi connectivity index (χ0n) is 13.3. The smallest absolute Gasteiger partial charge is 0.326 e. The second-order valence-corrected chi connectivity index (χ2v) is 5.36. The van der Waals surface area contributed by atoms with Crippen LogP contribution in [0, 0.1) is 12.7 Å². The first-order valence-electron chi connectivity index (χ1n) is 7.14. The average molecular weight is 354 g/mol. The number of hydrogen-bond acceptors (Lipinski definition) is 2. The van der Waals surface area contributed by atoms with E-state index in [1.54, 1.807) is 0 Å². The van der Waals surface area contributed by atoms with Gasteiger partial charge in [0.25, 0.3) is 5.91 Å². The molecule has 2 aromatic rings. The third-order valence-electron chi connectivity index (χ3n) is 3.33. The molecule has 0 saturated carbocycles. The zero-order chi connectivity index (χ0) is 18.8. The summed E-state index contributed by atoms with van der Waals surface area (Å²) < 4.78 is 53.2. The van der Waals surface area contributed by atoms with Crippen LogP contribution in [-0.2, 0) is 11.0 Å². The van der Waals surface area contributed by atoms with E-state index >= 15 is 0 Å². The largest absolute Gasteiger partial charge is 0.418 e. The summed E-state index contributed by atoms with van der Waals surface area (Å²) in [6.45, 7) is 2.66. The predicted molar refractivity (Wildman–Crippen MR) is 84.8 cm³/mol. The molecule has 2 rings (SSSR count). The number of carbonyl (C=O) groups excluding carboxylic acids is 2. The summed E-state index contributed by atoms with van der Waals surface area (Å²) in [5.41, 5.74) is -1.47. The Labute approximate surface area is 140 Å². The van der Waals surface area contributed by atoms with E-state index in [0.717, 1.165) is 19.1 Å². The molecule has 25 heavy (non-hydrogen) atoms. The van der Waals surface area contributed by atoms with E-state index in [-0.39, 0.29) is 11.3 Å². The Morgan fingerprint density at radius 2 is 1.68 bits per heavy atom. The van der Waals surface area contributed by atoms with E-state index in [2.05, 4.69) is 10.6 Å². The number of alkyl halides is 3. The van der Waals surface area contributed by atoms with Crippen molar-refractivity contribution in [3.8, 4) is 0 Å². The first-order chi connectivity index (χ1) is 11.6. The maximum absolute atomic E-state index is 13.5. The summed E-state index contributed by atoms with van der Waals surface area (Å²) in [5, 5.41) is 4.36. The van der Waals surface area contributed by atoms with Crippen molar-refractivity contribution in [1.29, 1.82) is 0 Å². The number of amides is 2. The number of hydrogen-bond donors (Lipinski definition) is 2. The molecule has 0 aromatic heterocycles. The Morgan fingerprint density at radius 3 is 2.24 bits per heavy atom. The van der Waals surface area contributed by atoms with Gasteiger partial charge in [0.05, 0.1) is 11.3 Å². The summed E-state index contributed by atoms with van der Waals surface area (Å²) in [6, 6.07) is 6.58. The van der Waals surface area contributed by atoms with E-state index in [1.165, 1.54) is 25.1 Å². The van der Waals surface area contributed by atoms with E-state index in [0.29, 0.717) is 11.6 Å². The fraction of sp³-hybridized carbons (Fsp3) is 0.176. The van der Waals surface area contributed by atoms with Gasteiger partial charge in [-0.1, -0.05) is 6.07 Å². The maximum Gasteiger partial charge on any atom is 0.418 e. The molecule has 0 heterocycles. The molecule has 0 aliphatic carbocycles. The van der Waals surface area contributed by atoms with E-state index in [9.17, 15) is 27.2 Å². The quantitative estimate of drug-likeness (QED) is 0.805. The van der Waals surface area contributed by atoms with Crippen molar-refractivity contribution >= 4 is 23.2 Å². The Morgan fingerprint density at radius 1 is 1.00 bits per heavy atom. The van der Waals surface area contributed by atoms with Crippen LogP contribution in [0.2, 0.25) is 0 Å². The van der Waals surface area contributed by atoms with Gasteiger partial charge in [0, 0.05) is 18.2 Å². The van der Waals surface area contributed by atoms with Crippen LogP contribution in [0.3, 0.4) is 0 Å².